The second-order valence-electron chi connectivity index (χ2n) is 6.06. The van der Waals surface area contributed by atoms with Gasteiger partial charge in [-0.05, 0) is 6.92 Å². The molecule has 0 aliphatic carbocycles. The molecule has 1 aromatic rings. The molecule has 1 aromatic heterocycles. The highest BCUT2D eigenvalue weighted by Gasteiger charge is 2.49. The van der Waals surface area contributed by atoms with Crippen molar-refractivity contribution in [2.45, 2.75) is 19.0 Å². The van der Waals surface area contributed by atoms with E-state index in [1.54, 1.807) is 6.92 Å². The molecule has 2 fully saturated rings. The molecule has 24 heavy (non-hydrogen) atoms. The van der Waals surface area contributed by atoms with Crippen molar-refractivity contribution in [3.63, 3.8) is 0 Å². The van der Waals surface area contributed by atoms with E-state index in [1.165, 1.54) is 23.0 Å². The van der Waals surface area contributed by atoms with E-state index in [2.05, 4.69) is 5.16 Å². The molecule has 0 N–H and O–H groups in total. The minimum absolute atomic E-state index is 0.0761. The molecule has 2 aliphatic rings. The molecular formula is C14H19N3O6S. The normalized spacial score (nSPS) is 25.6. The molecule has 0 aromatic carbocycles. The summed E-state index contributed by atoms with van der Waals surface area (Å²) in [5, 5.41) is 3.69. The molecule has 10 heteroatoms. The molecular weight excluding hydrogens is 338 g/mol. The average molecular weight is 357 g/mol. The molecule has 2 aliphatic heterocycles. The Kier molecular flexibility index (Phi) is 4.35. The first-order valence-electron chi connectivity index (χ1n) is 7.55. The van der Waals surface area contributed by atoms with Crippen LogP contribution in [0, 0.1) is 6.92 Å². The Hall–Kier alpha value is -1.94. The minimum atomic E-state index is -3.33. The van der Waals surface area contributed by atoms with Gasteiger partial charge in [0.1, 0.15) is 6.61 Å². The quantitative estimate of drug-likeness (QED) is 0.688. The lowest BCUT2D eigenvalue weighted by Crippen LogP contribution is -2.62. The number of amides is 2. The second-order valence-corrected chi connectivity index (χ2v) is 8.22. The van der Waals surface area contributed by atoms with Crippen molar-refractivity contribution in [1.29, 1.82) is 0 Å². The number of methoxy groups -OCH3 is 1. The molecule has 3 heterocycles. The van der Waals surface area contributed by atoms with Crippen molar-refractivity contribution in [2.75, 3.05) is 38.3 Å². The number of ether oxygens (including phenoxy) is 1. The molecule has 0 spiro atoms. The predicted molar refractivity (Wildman–Crippen MR) is 82.1 cm³/mol. The van der Waals surface area contributed by atoms with Crippen LogP contribution in [-0.4, -0.2) is 85.6 Å². The van der Waals surface area contributed by atoms with Gasteiger partial charge in [0.05, 0.1) is 29.3 Å². The summed E-state index contributed by atoms with van der Waals surface area (Å²) in [4.78, 5) is 27.8. The summed E-state index contributed by atoms with van der Waals surface area (Å²) in [7, 11) is -1.92. The van der Waals surface area contributed by atoms with E-state index in [4.69, 9.17) is 9.26 Å². The summed E-state index contributed by atoms with van der Waals surface area (Å²) in [5.74, 6) is -0.902. The van der Waals surface area contributed by atoms with E-state index in [0.29, 0.717) is 5.69 Å². The molecule has 0 bridgehead atoms. The van der Waals surface area contributed by atoms with Gasteiger partial charge in [0.2, 0.25) is 11.7 Å². The highest BCUT2D eigenvalue weighted by Crippen LogP contribution is 2.28. The topological polar surface area (TPSA) is 110 Å². The first-order valence-corrected chi connectivity index (χ1v) is 9.37. The van der Waals surface area contributed by atoms with Gasteiger partial charge in [-0.3, -0.25) is 9.59 Å². The number of aromatic nitrogens is 1. The molecule has 2 saturated heterocycles. The fourth-order valence-electron chi connectivity index (χ4n) is 3.33. The minimum Gasteiger partial charge on any atom is -0.375 e. The fraction of sp³-hybridized carbons (Fsp3) is 0.643. The third kappa shape index (κ3) is 3.03. The van der Waals surface area contributed by atoms with E-state index < -0.39 is 27.8 Å². The molecule has 2 amide bonds. The summed E-state index contributed by atoms with van der Waals surface area (Å²) in [6.45, 7) is 2.09. The first-order chi connectivity index (χ1) is 11.3. The van der Waals surface area contributed by atoms with Gasteiger partial charge in [0, 0.05) is 26.3 Å². The smallest absolute Gasteiger partial charge is 0.292 e. The molecule has 2 atom stereocenters. The Balaban J connectivity index is 1.87. The van der Waals surface area contributed by atoms with Crippen LogP contribution in [0.1, 0.15) is 16.2 Å². The van der Waals surface area contributed by atoms with Crippen molar-refractivity contribution < 1.29 is 27.3 Å². The van der Waals surface area contributed by atoms with E-state index in [-0.39, 0.29) is 42.9 Å². The third-order valence-electron chi connectivity index (χ3n) is 4.36. The summed E-state index contributed by atoms with van der Waals surface area (Å²) in [6.07, 6.45) is 0. The fourth-order valence-corrected chi connectivity index (χ4v) is 5.31. The number of fused-ring (bicyclic) bond motifs is 1. The van der Waals surface area contributed by atoms with Crippen LogP contribution in [0.3, 0.4) is 0 Å². The standard InChI is InChI=1S/C14H19N3O6S/c1-9-5-12(23-15-9)14(19)17-4-3-16(13(18)6-22-2)10-7-24(20,21)8-11(10)17/h5,10-11H,3-4,6-8H2,1-2H3/t10-,11+/m1/s1. The maximum atomic E-state index is 12.6. The van der Waals surface area contributed by atoms with E-state index in [9.17, 15) is 18.0 Å². The molecule has 132 valence electrons. The average Bonchev–Trinajstić information content (AvgIpc) is 3.07. The van der Waals surface area contributed by atoms with Crippen LogP contribution in [0.15, 0.2) is 10.6 Å². The first kappa shape index (κ1) is 16.9. The van der Waals surface area contributed by atoms with Crippen molar-refractivity contribution in [1.82, 2.24) is 15.0 Å². The van der Waals surface area contributed by atoms with Crippen LogP contribution in [-0.2, 0) is 19.4 Å². The number of hydrogen-bond donors (Lipinski definition) is 0. The SMILES string of the molecule is COCC(=O)N1CCN(C(=O)c2cc(C)no2)[C@H]2CS(=O)(=O)C[C@H]21. The summed E-state index contributed by atoms with van der Waals surface area (Å²) in [6, 6.07) is 0.380. The summed E-state index contributed by atoms with van der Waals surface area (Å²) in [5.41, 5.74) is 0.572. The van der Waals surface area contributed by atoms with E-state index in [1.807, 2.05) is 0 Å². The Morgan fingerprint density at radius 3 is 2.50 bits per heavy atom. The number of aryl methyl sites for hydroxylation is 1. The van der Waals surface area contributed by atoms with Gasteiger partial charge in [0.25, 0.3) is 5.91 Å². The lowest BCUT2D eigenvalue weighted by atomic mass is 10.0. The van der Waals surface area contributed by atoms with Crippen LogP contribution in [0.25, 0.3) is 0 Å². The largest absolute Gasteiger partial charge is 0.375 e. The maximum absolute atomic E-state index is 12.6. The zero-order valence-corrected chi connectivity index (χ0v) is 14.3. The van der Waals surface area contributed by atoms with Gasteiger partial charge in [-0.25, -0.2) is 8.42 Å². The van der Waals surface area contributed by atoms with E-state index >= 15 is 0 Å². The third-order valence-corrected chi connectivity index (χ3v) is 6.06. The van der Waals surface area contributed by atoms with Crippen molar-refractivity contribution in [3.05, 3.63) is 17.5 Å². The lowest BCUT2D eigenvalue weighted by Gasteiger charge is -2.43. The zero-order chi connectivity index (χ0) is 17.5. The van der Waals surface area contributed by atoms with Crippen LogP contribution < -0.4 is 0 Å². The Bertz CT molecular complexity index is 758. The molecule has 0 radical (unpaired) electrons. The van der Waals surface area contributed by atoms with Gasteiger partial charge in [-0.15, -0.1) is 0 Å². The number of carbonyl (C=O) groups is 2. The summed E-state index contributed by atoms with van der Waals surface area (Å²) < 4.78 is 34.0. The number of carbonyl (C=O) groups excluding carboxylic acids is 2. The van der Waals surface area contributed by atoms with E-state index in [0.717, 1.165) is 0 Å². The highest BCUT2D eigenvalue weighted by molar-refractivity contribution is 7.91. The summed E-state index contributed by atoms with van der Waals surface area (Å²) >= 11 is 0. The molecule has 0 unspecified atom stereocenters. The van der Waals surface area contributed by atoms with Gasteiger partial charge in [-0.2, -0.15) is 0 Å². The van der Waals surface area contributed by atoms with Crippen molar-refractivity contribution >= 4 is 21.7 Å². The van der Waals surface area contributed by atoms with Gasteiger partial charge in [-0.1, -0.05) is 5.16 Å². The van der Waals surface area contributed by atoms with Gasteiger partial charge < -0.3 is 19.1 Å². The predicted octanol–water partition coefficient (Wildman–Crippen LogP) is -0.921. The van der Waals surface area contributed by atoms with Crippen LogP contribution >= 0.6 is 0 Å². The Labute approximate surface area is 139 Å². The van der Waals surface area contributed by atoms with Gasteiger partial charge in [0.15, 0.2) is 9.84 Å². The number of sulfone groups is 1. The van der Waals surface area contributed by atoms with Gasteiger partial charge >= 0.3 is 0 Å². The lowest BCUT2D eigenvalue weighted by molar-refractivity contribution is -0.140. The van der Waals surface area contributed by atoms with Crippen LogP contribution in [0.5, 0.6) is 0 Å². The zero-order valence-electron chi connectivity index (χ0n) is 13.5. The van der Waals surface area contributed by atoms with Crippen LogP contribution in [0.4, 0.5) is 0 Å². The monoisotopic (exact) mass is 357 g/mol. The number of nitrogens with zero attached hydrogens (tertiary/aromatic N) is 3. The maximum Gasteiger partial charge on any atom is 0.292 e. The van der Waals surface area contributed by atoms with Crippen molar-refractivity contribution in [2.24, 2.45) is 0 Å². The Morgan fingerprint density at radius 2 is 1.92 bits per heavy atom. The number of rotatable bonds is 3. The number of piperazine rings is 1. The molecule has 3 rings (SSSR count). The van der Waals surface area contributed by atoms with Crippen LogP contribution in [0.2, 0.25) is 0 Å². The molecule has 0 saturated carbocycles. The van der Waals surface area contributed by atoms with Crippen molar-refractivity contribution in [3.8, 4) is 0 Å². The second kappa shape index (κ2) is 6.17. The highest BCUT2D eigenvalue weighted by atomic mass is 32.2. The number of hydrogen-bond acceptors (Lipinski definition) is 7. The molecule has 9 nitrogen and oxygen atoms in total. The Morgan fingerprint density at radius 1 is 1.29 bits per heavy atom.